The fourth-order valence-corrected chi connectivity index (χ4v) is 1.25. The second-order valence-electron chi connectivity index (χ2n) is 4.54. The largest absolute Gasteiger partial charge is 0.316 e. The highest BCUT2D eigenvalue weighted by atomic mass is 35.5. The Bertz CT molecular complexity index is 113. The lowest BCUT2D eigenvalue weighted by Crippen LogP contribution is -2.31. The molecule has 0 fully saturated rings. The molecule has 0 radical (unpaired) electrons. The number of rotatable bonds is 8. The van der Waals surface area contributed by atoms with E-state index in [2.05, 4.69) is 26.1 Å². The van der Waals surface area contributed by atoms with E-state index in [1.54, 1.807) is 0 Å². The average molecular weight is 206 g/mol. The van der Waals surface area contributed by atoms with E-state index >= 15 is 0 Å². The molecule has 0 aromatic heterocycles. The first-order chi connectivity index (χ1) is 6.12. The lowest BCUT2D eigenvalue weighted by atomic mass is 9.96. The van der Waals surface area contributed by atoms with E-state index in [-0.39, 0.29) is 5.41 Å². The van der Waals surface area contributed by atoms with Crippen LogP contribution in [0.1, 0.15) is 46.5 Å². The van der Waals surface area contributed by atoms with Gasteiger partial charge in [0.2, 0.25) is 0 Å². The predicted molar refractivity (Wildman–Crippen MR) is 61.5 cm³/mol. The van der Waals surface area contributed by atoms with Crippen LogP contribution >= 0.6 is 11.6 Å². The van der Waals surface area contributed by atoms with E-state index in [1.807, 2.05) is 0 Å². The van der Waals surface area contributed by atoms with Crippen molar-refractivity contribution in [3.05, 3.63) is 0 Å². The van der Waals surface area contributed by atoms with Crippen molar-refractivity contribution in [2.45, 2.75) is 46.5 Å². The fraction of sp³-hybridized carbons (Fsp3) is 1.00. The topological polar surface area (TPSA) is 12.0 Å². The quantitative estimate of drug-likeness (QED) is 0.473. The summed E-state index contributed by atoms with van der Waals surface area (Å²) in [6.45, 7) is 8.80. The molecule has 0 aromatic rings. The van der Waals surface area contributed by atoms with Crippen molar-refractivity contribution in [1.82, 2.24) is 5.32 Å². The molecular weight excluding hydrogens is 182 g/mol. The summed E-state index contributed by atoms with van der Waals surface area (Å²) in [6, 6.07) is 0. The van der Waals surface area contributed by atoms with Crippen molar-refractivity contribution in [3.63, 3.8) is 0 Å². The smallest absolute Gasteiger partial charge is 0.0286 e. The normalized spacial score (nSPS) is 12.0. The van der Waals surface area contributed by atoms with E-state index in [0.717, 1.165) is 19.0 Å². The molecule has 1 N–H and O–H groups in total. The van der Waals surface area contributed by atoms with Crippen LogP contribution in [0, 0.1) is 5.41 Å². The molecule has 2 heteroatoms. The molecule has 0 rings (SSSR count). The molecule has 0 atom stereocenters. The second kappa shape index (κ2) is 7.64. The Morgan fingerprint density at radius 1 is 1.15 bits per heavy atom. The van der Waals surface area contributed by atoms with Crippen molar-refractivity contribution in [1.29, 1.82) is 0 Å². The van der Waals surface area contributed by atoms with Crippen LogP contribution < -0.4 is 5.32 Å². The molecule has 0 bridgehead atoms. The summed E-state index contributed by atoms with van der Waals surface area (Å²) in [7, 11) is 0. The van der Waals surface area contributed by atoms with Crippen molar-refractivity contribution < 1.29 is 0 Å². The number of nitrogens with one attached hydrogen (secondary N) is 1. The molecule has 0 saturated carbocycles. The molecular formula is C11H24ClN. The Morgan fingerprint density at radius 2 is 1.85 bits per heavy atom. The van der Waals surface area contributed by atoms with E-state index < -0.39 is 0 Å². The van der Waals surface area contributed by atoms with Crippen LogP contribution in [0.3, 0.4) is 0 Å². The third kappa shape index (κ3) is 8.58. The highest BCUT2D eigenvalue weighted by molar-refractivity contribution is 6.18. The van der Waals surface area contributed by atoms with Gasteiger partial charge in [-0.25, -0.2) is 0 Å². The van der Waals surface area contributed by atoms with Gasteiger partial charge in [0.15, 0.2) is 0 Å². The Hall–Kier alpha value is 0.250. The zero-order valence-electron chi connectivity index (χ0n) is 9.33. The Balaban J connectivity index is 3.16. The zero-order chi connectivity index (χ0) is 10.2. The summed E-state index contributed by atoms with van der Waals surface area (Å²) >= 11 is 5.82. The van der Waals surface area contributed by atoms with Gasteiger partial charge in [-0.3, -0.25) is 0 Å². The molecule has 0 aliphatic carbocycles. The monoisotopic (exact) mass is 205 g/mol. The highest BCUT2D eigenvalue weighted by Gasteiger charge is 2.14. The molecule has 80 valence electrons. The number of hydrogen-bond donors (Lipinski definition) is 1. The molecule has 0 saturated heterocycles. The zero-order valence-corrected chi connectivity index (χ0v) is 10.1. The van der Waals surface area contributed by atoms with Crippen LogP contribution in [0.5, 0.6) is 0 Å². The molecule has 0 amide bonds. The van der Waals surface area contributed by atoms with Crippen LogP contribution in [-0.4, -0.2) is 19.0 Å². The average Bonchev–Trinajstić information content (AvgIpc) is 2.11. The van der Waals surface area contributed by atoms with Crippen LogP contribution in [0.2, 0.25) is 0 Å². The standard InChI is InChI=1S/C11H24ClN/c1-4-5-6-7-8-13-10-11(2,3)9-12/h13H,4-10H2,1-3H3. The van der Waals surface area contributed by atoms with E-state index in [0.29, 0.717) is 0 Å². The van der Waals surface area contributed by atoms with Gasteiger partial charge in [-0.2, -0.15) is 0 Å². The first kappa shape index (κ1) is 13.2. The first-order valence-corrected chi connectivity index (χ1v) is 5.92. The summed E-state index contributed by atoms with van der Waals surface area (Å²) in [5, 5.41) is 3.45. The van der Waals surface area contributed by atoms with Crippen LogP contribution in [0.25, 0.3) is 0 Å². The summed E-state index contributed by atoms with van der Waals surface area (Å²) in [6.07, 6.45) is 5.32. The Labute approximate surface area is 88.2 Å². The lowest BCUT2D eigenvalue weighted by molar-refractivity contribution is 0.383. The number of alkyl halides is 1. The molecule has 13 heavy (non-hydrogen) atoms. The van der Waals surface area contributed by atoms with Gasteiger partial charge in [0.05, 0.1) is 0 Å². The Kier molecular flexibility index (Phi) is 7.78. The number of hydrogen-bond acceptors (Lipinski definition) is 1. The maximum absolute atomic E-state index is 5.82. The maximum atomic E-state index is 5.82. The van der Waals surface area contributed by atoms with Crippen molar-refractivity contribution >= 4 is 11.6 Å². The minimum absolute atomic E-state index is 0.242. The van der Waals surface area contributed by atoms with Gasteiger partial charge < -0.3 is 5.32 Å². The molecule has 0 heterocycles. The molecule has 0 spiro atoms. The number of unbranched alkanes of at least 4 members (excludes halogenated alkanes) is 3. The number of halogens is 1. The fourth-order valence-electron chi connectivity index (χ4n) is 1.15. The van der Waals surface area contributed by atoms with Crippen LogP contribution in [-0.2, 0) is 0 Å². The van der Waals surface area contributed by atoms with E-state index in [9.17, 15) is 0 Å². The van der Waals surface area contributed by atoms with Crippen molar-refractivity contribution in [2.75, 3.05) is 19.0 Å². The van der Waals surface area contributed by atoms with Gasteiger partial charge in [0, 0.05) is 12.4 Å². The van der Waals surface area contributed by atoms with Crippen molar-refractivity contribution in [2.24, 2.45) is 5.41 Å². The summed E-state index contributed by atoms with van der Waals surface area (Å²) in [5.74, 6) is 0.731. The van der Waals surface area contributed by atoms with Gasteiger partial charge in [0.25, 0.3) is 0 Å². The minimum Gasteiger partial charge on any atom is -0.316 e. The third-order valence-electron chi connectivity index (χ3n) is 2.17. The summed E-state index contributed by atoms with van der Waals surface area (Å²) in [5.41, 5.74) is 0.242. The summed E-state index contributed by atoms with van der Waals surface area (Å²) < 4.78 is 0. The molecule has 1 nitrogen and oxygen atoms in total. The predicted octanol–water partition coefficient (Wildman–Crippen LogP) is 3.42. The summed E-state index contributed by atoms with van der Waals surface area (Å²) in [4.78, 5) is 0. The van der Waals surface area contributed by atoms with E-state index in [4.69, 9.17) is 11.6 Å². The molecule has 0 unspecified atom stereocenters. The maximum Gasteiger partial charge on any atom is 0.0286 e. The highest BCUT2D eigenvalue weighted by Crippen LogP contribution is 2.14. The molecule has 0 aromatic carbocycles. The van der Waals surface area contributed by atoms with Crippen molar-refractivity contribution in [3.8, 4) is 0 Å². The van der Waals surface area contributed by atoms with Gasteiger partial charge in [0.1, 0.15) is 0 Å². The third-order valence-corrected chi connectivity index (χ3v) is 2.90. The van der Waals surface area contributed by atoms with Gasteiger partial charge in [-0.1, -0.05) is 40.0 Å². The molecule has 0 aliphatic heterocycles. The minimum atomic E-state index is 0.242. The van der Waals surface area contributed by atoms with Gasteiger partial charge in [-0.15, -0.1) is 11.6 Å². The van der Waals surface area contributed by atoms with Crippen LogP contribution in [0.4, 0.5) is 0 Å². The Morgan fingerprint density at radius 3 is 2.38 bits per heavy atom. The molecule has 0 aliphatic rings. The van der Waals surface area contributed by atoms with E-state index in [1.165, 1.54) is 25.7 Å². The second-order valence-corrected chi connectivity index (χ2v) is 4.80. The lowest BCUT2D eigenvalue weighted by Gasteiger charge is -2.21. The van der Waals surface area contributed by atoms with Gasteiger partial charge >= 0.3 is 0 Å². The van der Waals surface area contributed by atoms with Gasteiger partial charge in [-0.05, 0) is 18.4 Å². The van der Waals surface area contributed by atoms with Crippen LogP contribution in [0.15, 0.2) is 0 Å². The first-order valence-electron chi connectivity index (χ1n) is 5.39. The SMILES string of the molecule is CCCCCCNCC(C)(C)CCl.